The average Bonchev–Trinajstić information content (AvgIpc) is 2.82. The van der Waals surface area contributed by atoms with Crippen molar-refractivity contribution < 1.29 is 9.53 Å². The predicted molar refractivity (Wildman–Crippen MR) is 148 cm³/mol. The molecule has 0 atom stereocenters. The standard InChI is InChI=1S/C25H31ClN8O4/c1-25(2,3)38-23(36)31-19-10-6-17(7-11-19)14-33-21(30-13-12-29-20(27)28)32-22(35)34(24(33)37)15-16-4-8-18(26)9-5-16/h4-11H,12-15H2,1-3H3,(H,31,36)(H4,27,28,29)(H,30,32,35). The summed E-state index contributed by atoms with van der Waals surface area (Å²) in [5, 5.41) is 6.16. The zero-order valence-corrected chi connectivity index (χ0v) is 22.2. The first-order valence-electron chi connectivity index (χ1n) is 11.8. The summed E-state index contributed by atoms with van der Waals surface area (Å²) in [5.74, 6) is 0.00437. The normalized spacial score (nSPS) is 11.1. The van der Waals surface area contributed by atoms with Crippen molar-refractivity contribution in [2.24, 2.45) is 16.5 Å². The number of anilines is 2. The van der Waals surface area contributed by atoms with E-state index in [4.69, 9.17) is 27.8 Å². The van der Waals surface area contributed by atoms with Crippen molar-refractivity contribution in [2.45, 2.75) is 39.5 Å². The molecule has 3 rings (SSSR count). The Hall–Kier alpha value is -4.32. The summed E-state index contributed by atoms with van der Waals surface area (Å²) in [6, 6.07) is 13.7. The van der Waals surface area contributed by atoms with Crippen LogP contribution in [0.15, 0.2) is 63.1 Å². The molecule has 1 aromatic heterocycles. The molecular weight excluding hydrogens is 512 g/mol. The number of carbonyl (C=O) groups excluding carboxylic acids is 1. The molecule has 0 spiro atoms. The van der Waals surface area contributed by atoms with Crippen LogP contribution >= 0.6 is 11.6 Å². The van der Waals surface area contributed by atoms with Gasteiger partial charge in [0.1, 0.15) is 5.60 Å². The van der Waals surface area contributed by atoms with Crippen LogP contribution in [-0.2, 0) is 17.8 Å². The van der Waals surface area contributed by atoms with Gasteiger partial charge in [0.2, 0.25) is 5.95 Å². The number of hydrogen-bond donors (Lipinski definition) is 4. The predicted octanol–water partition coefficient (Wildman–Crippen LogP) is 2.19. The van der Waals surface area contributed by atoms with Gasteiger partial charge in [0.05, 0.1) is 19.6 Å². The molecule has 1 amide bonds. The molecule has 2 aromatic carbocycles. The van der Waals surface area contributed by atoms with E-state index in [1.807, 2.05) is 0 Å². The second kappa shape index (κ2) is 12.3. The Morgan fingerprint density at radius 2 is 1.58 bits per heavy atom. The Morgan fingerprint density at radius 1 is 1.00 bits per heavy atom. The molecule has 0 unspecified atom stereocenters. The Labute approximate surface area is 224 Å². The molecule has 0 bridgehead atoms. The van der Waals surface area contributed by atoms with Crippen LogP contribution < -0.4 is 33.5 Å². The SMILES string of the molecule is CC(C)(C)OC(=O)Nc1ccc(Cn2c(NCCN=C(N)N)nc(=O)n(Cc3ccc(Cl)cc3)c2=O)cc1. The van der Waals surface area contributed by atoms with Crippen molar-refractivity contribution in [2.75, 3.05) is 23.7 Å². The van der Waals surface area contributed by atoms with Crippen LogP contribution in [0.25, 0.3) is 0 Å². The molecule has 13 heteroatoms. The number of halogens is 1. The first-order chi connectivity index (χ1) is 17.9. The van der Waals surface area contributed by atoms with Crippen molar-refractivity contribution in [3.8, 4) is 0 Å². The maximum absolute atomic E-state index is 13.5. The van der Waals surface area contributed by atoms with Crippen LogP contribution in [0.3, 0.4) is 0 Å². The Bertz CT molecular complexity index is 1400. The maximum Gasteiger partial charge on any atom is 0.412 e. The summed E-state index contributed by atoms with van der Waals surface area (Å²) in [7, 11) is 0. The van der Waals surface area contributed by atoms with E-state index in [0.717, 1.165) is 10.1 Å². The first-order valence-corrected chi connectivity index (χ1v) is 12.1. The number of guanidine groups is 1. The average molecular weight is 543 g/mol. The van der Waals surface area contributed by atoms with E-state index >= 15 is 0 Å². The van der Waals surface area contributed by atoms with Crippen LogP contribution in [0.4, 0.5) is 16.4 Å². The number of carbonyl (C=O) groups is 1. The topological polar surface area (TPSA) is 172 Å². The molecule has 0 radical (unpaired) electrons. The van der Waals surface area contributed by atoms with E-state index in [9.17, 15) is 14.4 Å². The van der Waals surface area contributed by atoms with Crippen molar-refractivity contribution in [3.05, 3.63) is 85.6 Å². The highest BCUT2D eigenvalue weighted by atomic mass is 35.5. The van der Waals surface area contributed by atoms with Crippen molar-refractivity contribution in [3.63, 3.8) is 0 Å². The fourth-order valence-electron chi connectivity index (χ4n) is 3.36. The highest BCUT2D eigenvalue weighted by molar-refractivity contribution is 6.30. The van der Waals surface area contributed by atoms with Crippen molar-refractivity contribution in [1.29, 1.82) is 0 Å². The first kappa shape index (κ1) is 28.3. The van der Waals surface area contributed by atoms with Gasteiger partial charge in [0.15, 0.2) is 5.96 Å². The van der Waals surface area contributed by atoms with Gasteiger partial charge in [-0.1, -0.05) is 35.9 Å². The van der Waals surface area contributed by atoms with Crippen LogP contribution in [0.1, 0.15) is 31.9 Å². The minimum absolute atomic E-state index is 0.0227. The number of nitrogens with one attached hydrogen (secondary N) is 2. The second-order valence-electron chi connectivity index (χ2n) is 9.36. The van der Waals surface area contributed by atoms with Gasteiger partial charge < -0.3 is 21.5 Å². The molecule has 6 N–H and O–H groups in total. The van der Waals surface area contributed by atoms with Gasteiger partial charge in [-0.3, -0.25) is 14.9 Å². The smallest absolute Gasteiger partial charge is 0.412 e. The highest BCUT2D eigenvalue weighted by Crippen LogP contribution is 2.15. The Kier molecular flexibility index (Phi) is 9.13. The van der Waals surface area contributed by atoms with E-state index in [1.54, 1.807) is 69.3 Å². The summed E-state index contributed by atoms with van der Waals surface area (Å²) >= 11 is 5.95. The van der Waals surface area contributed by atoms with E-state index in [1.165, 1.54) is 4.57 Å². The van der Waals surface area contributed by atoms with Crippen molar-refractivity contribution >= 4 is 35.3 Å². The van der Waals surface area contributed by atoms with Gasteiger partial charge in [-0.25, -0.2) is 19.0 Å². The third-order valence-corrected chi connectivity index (χ3v) is 5.29. The fraction of sp³-hybridized carbons (Fsp3) is 0.320. The highest BCUT2D eigenvalue weighted by Gasteiger charge is 2.17. The van der Waals surface area contributed by atoms with Crippen LogP contribution in [0, 0.1) is 0 Å². The summed E-state index contributed by atoms with van der Waals surface area (Å²) in [6.45, 7) is 5.91. The maximum atomic E-state index is 13.5. The Morgan fingerprint density at radius 3 is 2.16 bits per heavy atom. The Balaban J connectivity index is 1.88. The van der Waals surface area contributed by atoms with E-state index in [2.05, 4.69) is 20.6 Å². The lowest BCUT2D eigenvalue weighted by Crippen LogP contribution is -2.43. The zero-order valence-electron chi connectivity index (χ0n) is 21.4. The molecular formula is C25H31ClN8O4. The van der Waals surface area contributed by atoms with Gasteiger partial charge in [-0.15, -0.1) is 0 Å². The minimum atomic E-state index is -0.706. The van der Waals surface area contributed by atoms with Gasteiger partial charge in [0.25, 0.3) is 0 Å². The molecule has 0 saturated carbocycles. The van der Waals surface area contributed by atoms with E-state index in [-0.39, 0.29) is 38.1 Å². The molecule has 0 saturated heterocycles. The molecule has 1 heterocycles. The molecule has 202 valence electrons. The monoisotopic (exact) mass is 542 g/mol. The number of aromatic nitrogens is 3. The molecule has 12 nitrogen and oxygen atoms in total. The number of ether oxygens (including phenoxy) is 1. The third kappa shape index (κ3) is 8.37. The molecule has 0 fully saturated rings. The summed E-state index contributed by atoms with van der Waals surface area (Å²) in [5.41, 5.74) is 10.8. The number of amides is 1. The lowest BCUT2D eigenvalue weighted by atomic mass is 10.2. The second-order valence-corrected chi connectivity index (χ2v) is 9.79. The van der Waals surface area contributed by atoms with Gasteiger partial charge >= 0.3 is 17.5 Å². The molecule has 0 aliphatic rings. The van der Waals surface area contributed by atoms with Gasteiger partial charge in [-0.2, -0.15) is 4.98 Å². The number of aliphatic imine (C=N–C) groups is 1. The molecule has 0 aliphatic carbocycles. The van der Waals surface area contributed by atoms with Gasteiger partial charge in [0, 0.05) is 17.3 Å². The lowest BCUT2D eigenvalue weighted by molar-refractivity contribution is 0.0636. The molecule has 3 aromatic rings. The van der Waals surface area contributed by atoms with Crippen molar-refractivity contribution in [1.82, 2.24) is 14.1 Å². The third-order valence-electron chi connectivity index (χ3n) is 5.03. The zero-order chi connectivity index (χ0) is 27.9. The number of nitrogens with zero attached hydrogens (tertiary/aromatic N) is 4. The summed E-state index contributed by atoms with van der Waals surface area (Å²) in [6.07, 6.45) is -0.577. The van der Waals surface area contributed by atoms with Crippen LogP contribution in [-0.4, -0.2) is 44.9 Å². The fourth-order valence-corrected chi connectivity index (χ4v) is 3.49. The number of rotatable bonds is 9. The van der Waals surface area contributed by atoms with E-state index < -0.39 is 23.1 Å². The van der Waals surface area contributed by atoms with Gasteiger partial charge in [-0.05, 0) is 56.2 Å². The van der Waals surface area contributed by atoms with Crippen LogP contribution in [0.5, 0.6) is 0 Å². The summed E-state index contributed by atoms with van der Waals surface area (Å²) < 4.78 is 7.66. The summed E-state index contributed by atoms with van der Waals surface area (Å²) in [4.78, 5) is 46.3. The largest absolute Gasteiger partial charge is 0.444 e. The van der Waals surface area contributed by atoms with Crippen LogP contribution in [0.2, 0.25) is 5.02 Å². The minimum Gasteiger partial charge on any atom is -0.444 e. The quantitative estimate of drug-likeness (QED) is 0.181. The van der Waals surface area contributed by atoms with E-state index in [0.29, 0.717) is 16.3 Å². The number of hydrogen-bond acceptors (Lipinski definition) is 7. The molecule has 0 aliphatic heterocycles. The number of nitrogens with two attached hydrogens (primary N) is 2. The molecule has 38 heavy (non-hydrogen) atoms. The lowest BCUT2D eigenvalue weighted by Gasteiger charge is -2.19. The number of benzene rings is 2.